The maximum Gasteiger partial charge on any atom is 0.251 e. The van der Waals surface area contributed by atoms with Gasteiger partial charge < -0.3 is 14.8 Å². The summed E-state index contributed by atoms with van der Waals surface area (Å²) in [4.78, 5) is 12.1. The van der Waals surface area contributed by atoms with Crippen molar-refractivity contribution in [1.29, 1.82) is 0 Å². The molecule has 1 amide bonds. The average Bonchev–Trinajstić information content (AvgIpc) is 2.87. The zero-order chi connectivity index (χ0) is 18.2. The van der Waals surface area contributed by atoms with Crippen LogP contribution in [0.1, 0.15) is 54.1 Å². The summed E-state index contributed by atoms with van der Waals surface area (Å²) in [6, 6.07) is 17.6. The molecular weight excluding hydrogens is 326 g/mol. The third-order valence-corrected chi connectivity index (χ3v) is 4.79. The fraction of sp³-hybridized carbons (Fsp3) is 0.409. The standard InChI is InChI=1S/C22H27NO3/c1-2-13-22(25-16-19-11-6-7-12-20(19)17-26-22)14-8-15-23-21(24)18-9-4-3-5-10-18/h3-7,9-12H,2,8,13-17H2,1H3,(H,23,24). The van der Waals surface area contributed by atoms with E-state index in [2.05, 4.69) is 24.4 Å². The van der Waals surface area contributed by atoms with Gasteiger partial charge in [-0.15, -0.1) is 0 Å². The van der Waals surface area contributed by atoms with Crippen LogP contribution < -0.4 is 5.32 Å². The van der Waals surface area contributed by atoms with Crippen molar-refractivity contribution in [3.8, 4) is 0 Å². The minimum atomic E-state index is -0.564. The Morgan fingerprint density at radius 1 is 0.962 bits per heavy atom. The minimum absolute atomic E-state index is 0.0368. The first-order valence-corrected chi connectivity index (χ1v) is 9.40. The van der Waals surface area contributed by atoms with Gasteiger partial charge in [0, 0.05) is 24.9 Å². The number of nitrogens with one attached hydrogen (secondary N) is 1. The number of fused-ring (bicyclic) bond motifs is 1. The van der Waals surface area contributed by atoms with Crippen molar-refractivity contribution in [3.05, 3.63) is 71.3 Å². The van der Waals surface area contributed by atoms with Crippen molar-refractivity contribution in [3.63, 3.8) is 0 Å². The van der Waals surface area contributed by atoms with E-state index in [0.717, 1.165) is 25.7 Å². The normalized spacial score (nSPS) is 15.7. The molecule has 4 nitrogen and oxygen atoms in total. The maximum atomic E-state index is 12.1. The molecule has 0 unspecified atom stereocenters. The zero-order valence-electron chi connectivity index (χ0n) is 15.4. The summed E-state index contributed by atoms with van der Waals surface area (Å²) in [6.45, 7) is 3.90. The van der Waals surface area contributed by atoms with Crippen LogP contribution in [0.15, 0.2) is 54.6 Å². The molecule has 0 bridgehead atoms. The Balaban J connectivity index is 1.53. The molecule has 0 saturated heterocycles. The van der Waals surface area contributed by atoms with Gasteiger partial charge in [0.1, 0.15) is 0 Å². The summed E-state index contributed by atoms with van der Waals surface area (Å²) in [5, 5.41) is 2.98. The van der Waals surface area contributed by atoms with Gasteiger partial charge in [0.15, 0.2) is 5.79 Å². The molecule has 0 radical (unpaired) electrons. The summed E-state index contributed by atoms with van der Waals surface area (Å²) < 4.78 is 12.4. The zero-order valence-corrected chi connectivity index (χ0v) is 15.4. The molecule has 138 valence electrons. The van der Waals surface area contributed by atoms with Crippen LogP contribution in [0, 0.1) is 0 Å². The predicted molar refractivity (Wildman–Crippen MR) is 102 cm³/mol. The number of carbonyl (C=O) groups excluding carboxylic acids is 1. The molecule has 0 atom stereocenters. The number of rotatable bonds is 7. The fourth-order valence-electron chi connectivity index (χ4n) is 3.35. The second-order valence-corrected chi connectivity index (χ2v) is 6.73. The van der Waals surface area contributed by atoms with E-state index in [1.54, 1.807) is 0 Å². The first kappa shape index (κ1) is 18.6. The average molecular weight is 353 g/mol. The molecule has 1 N–H and O–H groups in total. The van der Waals surface area contributed by atoms with E-state index in [-0.39, 0.29) is 5.91 Å². The van der Waals surface area contributed by atoms with Crippen molar-refractivity contribution in [2.24, 2.45) is 0 Å². The molecule has 4 heteroatoms. The Labute approximate surface area is 155 Å². The molecule has 26 heavy (non-hydrogen) atoms. The van der Waals surface area contributed by atoms with Crippen molar-refractivity contribution in [1.82, 2.24) is 5.32 Å². The van der Waals surface area contributed by atoms with Crippen LogP contribution in [-0.2, 0) is 22.7 Å². The Hall–Kier alpha value is -2.17. The summed E-state index contributed by atoms with van der Waals surface area (Å²) in [7, 11) is 0. The Morgan fingerprint density at radius 3 is 2.19 bits per heavy atom. The third-order valence-electron chi connectivity index (χ3n) is 4.79. The fourth-order valence-corrected chi connectivity index (χ4v) is 3.35. The van der Waals surface area contributed by atoms with Crippen LogP contribution in [0.5, 0.6) is 0 Å². The van der Waals surface area contributed by atoms with Crippen molar-refractivity contribution >= 4 is 5.91 Å². The monoisotopic (exact) mass is 353 g/mol. The molecule has 2 aromatic carbocycles. The molecule has 0 fully saturated rings. The largest absolute Gasteiger partial charge is 0.352 e. The number of amides is 1. The maximum absolute atomic E-state index is 12.1. The quantitative estimate of drug-likeness (QED) is 0.749. The lowest BCUT2D eigenvalue weighted by Gasteiger charge is -2.32. The van der Waals surface area contributed by atoms with Crippen LogP contribution in [0.4, 0.5) is 0 Å². The smallest absolute Gasteiger partial charge is 0.251 e. The van der Waals surface area contributed by atoms with Gasteiger partial charge in [-0.2, -0.15) is 0 Å². The lowest BCUT2D eigenvalue weighted by molar-refractivity contribution is -0.252. The van der Waals surface area contributed by atoms with Gasteiger partial charge in [0.25, 0.3) is 5.91 Å². The second kappa shape index (κ2) is 8.97. The van der Waals surface area contributed by atoms with E-state index >= 15 is 0 Å². The lowest BCUT2D eigenvalue weighted by atomic mass is 10.0. The van der Waals surface area contributed by atoms with Crippen LogP contribution in [0.25, 0.3) is 0 Å². The van der Waals surface area contributed by atoms with Crippen LogP contribution >= 0.6 is 0 Å². The molecule has 2 aromatic rings. The third kappa shape index (κ3) is 4.71. The van der Waals surface area contributed by atoms with E-state index in [1.807, 2.05) is 42.5 Å². The highest BCUT2D eigenvalue weighted by Crippen LogP contribution is 2.32. The first-order valence-electron chi connectivity index (χ1n) is 9.40. The molecule has 1 heterocycles. The summed E-state index contributed by atoms with van der Waals surface area (Å²) in [6.07, 6.45) is 3.43. The molecule has 0 aromatic heterocycles. The van der Waals surface area contributed by atoms with Gasteiger partial charge in [-0.25, -0.2) is 0 Å². The van der Waals surface area contributed by atoms with E-state index in [0.29, 0.717) is 25.3 Å². The summed E-state index contributed by atoms with van der Waals surface area (Å²) in [5.74, 6) is -0.601. The van der Waals surface area contributed by atoms with Gasteiger partial charge in [0.05, 0.1) is 13.2 Å². The number of hydrogen-bond donors (Lipinski definition) is 1. The number of carbonyl (C=O) groups is 1. The summed E-state index contributed by atoms with van der Waals surface area (Å²) in [5.41, 5.74) is 3.08. The Morgan fingerprint density at radius 2 is 1.58 bits per heavy atom. The molecular formula is C22H27NO3. The summed E-state index contributed by atoms with van der Waals surface area (Å²) >= 11 is 0. The van der Waals surface area contributed by atoms with Gasteiger partial charge in [-0.3, -0.25) is 4.79 Å². The van der Waals surface area contributed by atoms with E-state index in [1.165, 1.54) is 11.1 Å². The second-order valence-electron chi connectivity index (χ2n) is 6.73. The number of benzene rings is 2. The Bertz CT molecular complexity index is 687. The molecule has 0 saturated carbocycles. The van der Waals surface area contributed by atoms with Gasteiger partial charge >= 0.3 is 0 Å². The molecule has 0 aliphatic carbocycles. The topological polar surface area (TPSA) is 47.6 Å². The van der Waals surface area contributed by atoms with Crippen LogP contribution in [-0.4, -0.2) is 18.2 Å². The highest BCUT2D eigenvalue weighted by Gasteiger charge is 2.33. The molecule has 0 spiro atoms. The Kier molecular flexibility index (Phi) is 6.42. The minimum Gasteiger partial charge on any atom is -0.352 e. The molecule has 1 aliphatic heterocycles. The number of ether oxygens (including phenoxy) is 2. The van der Waals surface area contributed by atoms with Gasteiger partial charge in [-0.05, 0) is 29.7 Å². The molecule has 1 aliphatic rings. The van der Waals surface area contributed by atoms with Crippen molar-refractivity contribution in [2.75, 3.05) is 6.54 Å². The number of hydrogen-bond acceptors (Lipinski definition) is 3. The van der Waals surface area contributed by atoms with E-state index in [4.69, 9.17) is 9.47 Å². The highest BCUT2D eigenvalue weighted by molar-refractivity contribution is 5.94. The van der Waals surface area contributed by atoms with E-state index in [9.17, 15) is 4.79 Å². The van der Waals surface area contributed by atoms with E-state index < -0.39 is 5.79 Å². The van der Waals surface area contributed by atoms with Crippen LogP contribution in [0.2, 0.25) is 0 Å². The first-order chi connectivity index (χ1) is 12.7. The van der Waals surface area contributed by atoms with Gasteiger partial charge in [-0.1, -0.05) is 55.8 Å². The van der Waals surface area contributed by atoms with Crippen LogP contribution in [0.3, 0.4) is 0 Å². The highest BCUT2D eigenvalue weighted by atomic mass is 16.7. The SMILES string of the molecule is CCCC1(CCCNC(=O)c2ccccc2)OCc2ccccc2CO1. The lowest BCUT2D eigenvalue weighted by Crippen LogP contribution is -2.36. The van der Waals surface area contributed by atoms with Gasteiger partial charge in [0.2, 0.25) is 0 Å². The predicted octanol–water partition coefficient (Wildman–Crippen LogP) is 4.44. The van der Waals surface area contributed by atoms with Crippen molar-refractivity contribution in [2.45, 2.75) is 51.6 Å². The van der Waals surface area contributed by atoms with Crippen molar-refractivity contribution < 1.29 is 14.3 Å². The molecule has 3 rings (SSSR count).